The van der Waals surface area contributed by atoms with Crippen molar-refractivity contribution in [2.24, 2.45) is 0 Å². The number of nitrogens with zero attached hydrogens (tertiary/aromatic N) is 2. The number of benzene rings is 2. The van der Waals surface area contributed by atoms with Gasteiger partial charge in [-0.2, -0.15) is 0 Å². The Hall–Kier alpha value is -2.53. The lowest BCUT2D eigenvalue weighted by molar-refractivity contribution is 0.202. The summed E-state index contributed by atoms with van der Waals surface area (Å²) in [7, 11) is 3.17. The van der Waals surface area contributed by atoms with Crippen LogP contribution in [-0.2, 0) is 0 Å². The number of methoxy groups -OCH3 is 2. The minimum Gasteiger partial charge on any atom is -0.493 e. The zero-order valence-electron chi connectivity index (χ0n) is 14.4. The summed E-state index contributed by atoms with van der Waals surface area (Å²) in [6, 6.07) is 13.5. The zero-order chi connectivity index (χ0) is 17.3. The molecule has 3 aromatic rings. The number of rotatable bonds is 5. The van der Waals surface area contributed by atoms with Crippen molar-refractivity contribution in [1.82, 2.24) is 9.55 Å². The van der Waals surface area contributed by atoms with Crippen molar-refractivity contribution in [2.45, 2.75) is 26.0 Å². The largest absolute Gasteiger partial charge is 0.493 e. The van der Waals surface area contributed by atoms with E-state index in [0.717, 1.165) is 11.0 Å². The fraction of sp³-hybridized carbons (Fsp3) is 0.316. The number of aliphatic hydroxyl groups excluding tert-OH is 1. The summed E-state index contributed by atoms with van der Waals surface area (Å²) in [5, 5.41) is 10.9. The quantitative estimate of drug-likeness (QED) is 0.776. The SMILES string of the molecule is COc1ccc([C@H](O)c2nc3ccccc3n2C(C)C)cc1OC. The molecule has 0 amide bonds. The molecule has 0 radical (unpaired) electrons. The second-order valence-corrected chi connectivity index (χ2v) is 5.94. The van der Waals surface area contributed by atoms with Crippen molar-refractivity contribution >= 4 is 11.0 Å². The average molecular weight is 326 g/mol. The highest BCUT2D eigenvalue weighted by Crippen LogP contribution is 2.33. The molecule has 2 aromatic carbocycles. The molecule has 1 heterocycles. The highest BCUT2D eigenvalue weighted by molar-refractivity contribution is 5.76. The molecular weight excluding hydrogens is 304 g/mol. The molecule has 3 rings (SSSR count). The molecular formula is C19H22N2O3. The molecule has 0 unspecified atom stereocenters. The van der Waals surface area contributed by atoms with E-state index >= 15 is 0 Å². The van der Waals surface area contributed by atoms with Gasteiger partial charge in [-0.15, -0.1) is 0 Å². The van der Waals surface area contributed by atoms with Crippen molar-refractivity contribution < 1.29 is 14.6 Å². The van der Waals surface area contributed by atoms with E-state index in [2.05, 4.69) is 23.4 Å². The number of hydrogen-bond acceptors (Lipinski definition) is 4. The van der Waals surface area contributed by atoms with E-state index in [1.807, 2.05) is 30.3 Å². The molecule has 0 saturated heterocycles. The number of ether oxygens (including phenoxy) is 2. The van der Waals surface area contributed by atoms with Crippen molar-refractivity contribution in [1.29, 1.82) is 0 Å². The number of fused-ring (bicyclic) bond motifs is 1. The van der Waals surface area contributed by atoms with Gasteiger partial charge in [0.25, 0.3) is 0 Å². The second-order valence-electron chi connectivity index (χ2n) is 5.94. The van der Waals surface area contributed by atoms with Crippen LogP contribution in [0.4, 0.5) is 0 Å². The molecule has 5 nitrogen and oxygen atoms in total. The molecule has 126 valence electrons. The third-order valence-corrected chi connectivity index (χ3v) is 4.11. The van der Waals surface area contributed by atoms with Crippen LogP contribution < -0.4 is 9.47 Å². The monoisotopic (exact) mass is 326 g/mol. The van der Waals surface area contributed by atoms with Gasteiger partial charge >= 0.3 is 0 Å². The Morgan fingerprint density at radius 1 is 1.00 bits per heavy atom. The van der Waals surface area contributed by atoms with Crippen LogP contribution in [0.2, 0.25) is 0 Å². The molecule has 1 atom stereocenters. The molecule has 0 aliphatic rings. The van der Waals surface area contributed by atoms with E-state index in [0.29, 0.717) is 22.9 Å². The van der Waals surface area contributed by atoms with E-state index in [1.165, 1.54) is 0 Å². The first-order chi connectivity index (χ1) is 11.6. The lowest BCUT2D eigenvalue weighted by Gasteiger charge is -2.18. The maximum atomic E-state index is 10.9. The molecule has 0 aliphatic carbocycles. The van der Waals surface area contributed by atoms with Crippen LogP contribution in [-0.4, -0.2) is 28.9 Å². The summed E-state index contributed by atoms with van der Waals surface area (Å²) >= 11 is 0. The first-order valence-corrected chi connectivity index (χ1v) is 7.93. The van der Waals surface area contributed by atoms with Gasteiger partial charge in [0.2, 0.25) is 0 Å². The predicted octanol–water partition coefficient (Wildman–Crippen LogP) is 3.72. The van der Waals surface area contributed by atoms with Crippen molar-refractivity contribution in [2.75, 3.05) is 14.2 Å². The number of para-hydroxylation sites is 2. The summed E-state index contributed by atoms with van der Waals surface area (Å²) < 4.78 is 12.7. The number of aliphatic hydroxyl groups is 1. The molecule has 1 N–H and O–H groups in total. The maximum absolute atomic E-state index is 10.9. The number of imidazole rings is 1. The molecule has 0 saturated carbocycles. The van der Waals surface area contributed by atoms with Crippen LogP contribution in [0.25, 0.3) is 11.0 Å². The number of hydrogen-bond donors (Lipinski definition) is 1. The lowest BCUT2D eigenvalue weighted by Crippen LogP contribution is -2.12. The molecule has 0 fully saturated rings. The van der Waals surface area contributed by atoms with Crippen molar-refractivity contribution in [3.05, 3.63) is 53.9 Å². The molecule has 0 aliphatic heterocycles. The Bertz CT molecular complexity index is 855. The van der Waals surface area contributed by atoms with Gasteiger partial charge in [-0.25, -0.2) is 4.98 Å². The number of aromatic nitrogens is 2. The van der Waals surface area contributed by atoms with E-state index in [1.54, 1.807) is 26.4 Å². The Balaban J connectivity index is 2.12. The van der Waals surface area contributed by atoms with Gasteiger partial charge in [0.05, 0.1) is 25.3 Å². The van der Waals surface area contributed by atoms with Gasteiger partial charge in [-0.1, -0.05) is 18.2 Å². The molecule has 1 aromatic heterocycles. The van der Waals surface area contributed by atoms with Crippen molar-refractivity contribution in [3.63, 3.8) is 0 Å². The smallest absolute Gasteiger partial charge is 0.161 e. The van der Waals surface area contributed by atoms with Crippen molar-refractivity contribution in [3.8, 4) is 11.5 Å². The van der Waals surface area contributed by atoms with Gasteiger partial charge in [-0.05, 0) is 43.7 Å². The van der Waals surface area contributed by atoms with Gasteiger partial charge in [0, 0.05) is 6.04 Å². The minimum atomic E-state index is -0.848. The van der Waals surface area contributed by atoms with Gasteiger partial charge in [0.1, 0.15) is 11.9 Å². The van der Waals surface area contributed by atoms with Crippen LogP contribution in [0, 0.1) is 0 Å². The topological polar surface area (TPSA) is 56.5 Å². The maximum Gasteiger partial charge on any atom is 0.161 e. The van der Waals surface area contributed by atoms with Gasteiger partial charge in [-0.3, -0.25) is 0 Å². The van der Waals surface area contributed by atoms with Gasteiger partial charge < -0.3 is 19.1 Å². The third-order valence-electron chi connectivity index (χ3n) is 4.11. The first-order valence-electron chi connectivity index (χ1n) is 7.93. The van der Waals surface area contributed by atoms with E-state index in [4.69, 9.17) is 9.47 Å². The van der Waals surface area contributed by atoms with Crippen LogP contribution in [0.3, 0.4) is 0 Å². The zero-order valence-corrected chi connectivity index (χ0v) is 14.4. The van der Waals surface area contributed by atoms with Crippen LogP contribution >= 0.6 is 0 Å². The molecule has 0 spiro atoms. The summed E-state index contributed by atoms with van der Waals surface area (Å²) in [6.45, 7) is 4.16. The minimum absolute atomic E-state index is 0.183. The first kappa shape index (κ1) is 16.3. The Labute approximate surface area is 141 Å². The summed E-state index contributed by atoms with van der Waals surface area (Å²) in [5.74, 6) is 1.84. The fourth-order valence-electron chi connectivity index (χ4n) is 2.97. The molecule has 5 heteroatoms. The Kier molecular flexibility index (Phi) is 4.44. The van der Waals surface area contributed by atoms with E-state index in [9.17, 15) is 5.11 Å². The molecule has 0 bridgehead atoms. The van der Waals surface area contributed by atoms with E-state index in [-0.39, 0.29) is 6.04 Å². The lowest BCUT2D eigenvalue weighted by atomic mass is 10.1. The average Bonchev–Trinajstić information content (AvgIpc) is 3.00. The Morgan fingerprint density at radius 2 is 1.71 bits per heavy atom. The fourth-order valence-corrected chi connectivity index (χ4v) is 2.97. The van der Waals surface area contributed by atoms with Crippen LogP contribution in [0.15, 0.2) is 42.5 Å². The summed E-state index contributed by atoms with van der Waals surface area (Å²) in [5.41, 5.74) is 2.60. The Morgan fingerprint density at radius 3 is 2.38 bits per heavy atom. The normalized spacial score (nSPS) is 12.6. The highest BCUT2D eigenvalue weighted by atomic mass is 16.5. The van der Waals surface area contributed by atoms with Gasteiger partial charge in [0.15, 0.2) is 11.5 Å². The standard InChI is InChI=1S/C19H22N2O3/c1-12(2)21-15-8-6-5-7-14(15)20-19(21)18(22)13-9-10-16(23-3)17(11-13)24-4/h5-12,18,22H,1-4H3/t18-/m0/s1. The van der Waals surface area contributed by atoms with Crippen LogP contribution in [0.1, 0.15) is 37.4 Å². The van der Waals surface area contributed by atoms with E-state index < -0.39 is 6.10 Å². The summed E-state index contributed by atoms with van der Waals surface area (Å²) in [4.78, 5) is 4.65. The second kappa shape index (κ2) is 6.53. The summed E-state index contributed by atoms with van der Waals surface area (Å²) in [6.07, 6.45) is -0.848. The molecule has 24 heavy (non-hydrogen) atoms. The highest BCUT2D eigenvalue weighted by Gasteiger charge is 2.22. The third kappa shape index (κ3) is 2.71. The van der Waals surface area contributed by atoms with Crippen LogP contribution in [0.5, 0.6) is 11.5 Å². The predicted molar refractivity (Wildman–Crippen MR) is 93.7 cm³/mol.